The molecule has 0 unspecified atom stereocenters. The van der Waals surface area contributed by atoms with Crippen LogP contribution >= 0.6 is 55.1 Å². The number of hydrogen-bond donors (Lipinski definition) is 0. The van der Waals surface area contributed by atoms with Gasteiger partial charge in [-0.1, -0.05) is 44.0 Å². The van der Waals surface area contributed by atoms with Gasteiger partial charge in [-0.3, -0.25) is 9.59 Å². The predicted molar refractivity (Wildman–Crippen MR) is 171 cm³/mol. The number of carbonyl (C=O) groups excluding carboxylic acids is 2. The summed E-state index contributed by atoms with van der Waals surface area (Å²) in [4.78, 5) is 24.3. The highest BCUT2D eigenvalue weighted by molar-refractivity contribution is 9.10. The summed E-state index contributed by atoms with van der Waals surface area (Å²) in [5.41, 5.74) is 4.16. The first-order valence-electron chi connectivity index (χ1n) is 14.1. The summed E-state index contributed by atoms with van der Waals surface area (Å²) in [5.74, 6) is 1.95. The van der Waals surface area contributed by atoms with Crippen LogP contribution < -0.4 is 0 Å². The third-order valence-electron chi connectivity index (χ3n) is 8.31. The number of hydrogen-bond acceptors (Lipinski definition) is 4. The van der Waals surface area contributed by atoms with Gasteiger partial charge in [0.1, 0.15) is 0 Å². The lowest BCUT2D eigenvalue weighted by Gasteiger charge is -2.41. The first-order chi connectivity index (χ1) is 19.3. The van der Waals surface area contributed by atoms with E-state index in [1.807, 2.05) is 30.3 Å². The van der Waals surface area contributed by atoms with E-state index in [4.69, 9.17) is 32.7 Å². The average molecular weight is 719 g/mol. The van der Waals surface area contributed by atoms with E-state index in [0.29, 0.717) is 30.1 Å². The maximum atomic E-state index is 12.9. The van der Waals surface area contributed by atoms with E-state index in [9.17, 15) is 9.59 Å². The molecule has 8 heteroatoms. The standard InChI is InChI=1S/C16H19BrO2.C10H9BrO.C6H12Cl2O/c1-19-13-5-8-16(9-6-13)7-4-11-2-3-12(17)10-14(11)15(16)18;11-8-5-4-7-2-1-3-10(12)9(7)6-8;1-9-6(2-4-7)3-5-8/h2-3,10,13H,4-9H2,1H3;4-6H,1-3H2;6H,2-5H2,1H3. The first kappa shape index (κ1) is 33.7. The number of halogens is 4. The van der Waals surface area contributed by atoms with Crippen molar-refractivity contribution in [2.75, 3.05) is 26.0 Å². The lowest BCUT2D eigenvalue weighted by molar-refractivity contribution is 0.0218. The fraction of sp³-hybridized carbons (Fsp3) is 0.562. The molecule has 3 aliphatic carbocycles. The van der Waals surface area contributed by atoms with E-state index in [1.54, 1.807) is 14.2 Å². The molecule has 2 aromatic rings. The first-order valence-corrected chi connectivity index (χ1v) is 16.7. The van der Waals surface area contributed by atoms with E-state index in [2.05, 4.69) is 37.9 Å². The Balaban J connectivity index is 0.000000181. The minimum atomic E-state index is -0.108. The number of methoxy groups -OCH3 is 2. The van der Waals surface area contributed by atoms with Gasteiger partial charge >= 0.3 is 0 Å². The molecule has 0 aliphatic heterocycles. The van der Waals surface area contributed by atoms with Gasteiger partial charge in [0.05, 0.1) is 12.2 Å². The van der Waals surface area contributed by atoms with Gasteiger partial charge in [-0.15, -0.1) is 23.2 Å². The Morgan fingerprint density at radius 1 is 0.850 bits per heavy atom. The third-order valence-corrected chi connectivity index (χ3v) is 9.73. The minimum absolute atomic E-state index is 0.108. The van der Waals surface area contributed by atoms with Gasteiger partial charge in [0.25, 0.3) is 0 Å². The highest BCUT2D eigenvalue weighted by Gasteiger charge is 2.44. The van der Waals surface area contributed by atoms with Crippen molar-refractivity contribution in [3.05, 3.63) is 67.6 Å². The summed E-state index contributed by atoms with van der Waals surface area (Å²) in [6.45, 7) is 0. The van der Waals surface area contributed by atoms with Gasteiger partial charge in [-0.25, -0.2) is 0 Å². The molecule has 0 bridgehead atoms. The molecule has 4 nitrogen and oxygen atoms in total. The van der Waals surface area contributed by atoms with Crippen LogP contribution in [0.25, 0.3) is 0 Å². The second-order valence-corrected chi connectivity index (χ2v) is 13.3. The normalized spacial score (nSPS) is 21.6. The topological polar surface area (TPSA) is 52.6 Å². The molecule has 0 saturated heterocycles. The highest BCUT2D eigenvalue weighted by atomic mass is 79.9. The zero-order chi connectivity index (χ0) is 29.1. The smallest absolute Gasteiger partial charge is 0.169 e. The lowest BCUT2D eigenvalue weighted by Crippen LogP contribution is -2.40. The van der Waals surface area contributed by atoms with Crippen LogP contribution in [0.2, 0.25) is 0 Å². The minimum Gasteiger partial charge on any atom is -0.381 e. The molecule has 1 fully saturated rings. The molecule has 1 saturated carbocycles. The Labute approximate surface area is 266 Å². The van der Waals surface area contributed by atoms with Crippen molar-refractivity contribution in [1.82, 2.24) is 0 Å². The fourth-order valence-corrected chi connectivity index (χ4v) is 7.04. The summed E-state index contributed by atoms with van der Waals surface area (Å²) in [7, 11) is 3.46. The molecule has 0 radical (unpaired) electrons. The molecule has 5 rings (SSSR count). The zero-order valence-corrected chi connectivity index (χ0v) is 28.1. The molecule has 40 heavy (non-hydrogen) atoms. The van der Waals surface area contributed by atoms with Gasteiger partial charge in [-0.05, 0) is 99.6 Å². The molecule has 0 N–H and O–H groups in total. The molecule has 0 heterocycles. The van der Waals surface area contributed by atoms with Crippen molar-refractivity contribution in [3.8, 4) is 0 Å². The Kier molecular flexibility index (Phi) is 14.1. The Morgan fingerprint density at radius 3 is 1.98 bits per heavy atom. The number of carbonyl (C=O) groups is 2. The van der Waals surface area contributed by atoms with Crippen LogP contribution in [0.1, 0.15) is 89.6 Å². The summed E-state index contributed by atoms with van der Waals surface area (Å²) in [6, 6.07) is 12.1. The van der Waals surface area contributed by atoms with Crippen LogP contribution in [0.5, 0.6) is 0 Å². The molecule has 2 aromatic carbocycles. The maximum Gasteiger partial charge on any atom is 0.169 e. The second-order valence-electron chi connectivity index (χ2n) is 10.7. The molecule has 220 valence electrons. The number of fused-ring (bicyclic) bond motifs is 2. The molecule has 0 atom stereocenters. The highest BCUT2D eigenvalue weighted by Crippen LogP contribution is 2.47. The summed E-state index contributed by atoms with van der Waals surface area (Å²) in [6.07, 6.45) is 11.2. The van der Waals surface area contributed by atoms with Crippen molar-refractivity contribution in [1.29, 1.82) is 0 Å². The number of Topliss-reactive ketones (excluding diaryl/α,β-unsaturated/α-hetero) is 2. The van der Waals surface area contributed by atoms with Crippen molar-refractivity contribution >= 4 is 66.6 Å². The number of ketones is 2. The molecule has 3 aliphatic rings. The van der Waals surface area contributed by atoms with Gasteiger partial charge in [0.2, 0.25) is 0 Å². The van der Waals surface area contributed by atoms with E-state index >= 15 is 0 Å². The lowest BCUT2D eigenvalue weighted by atomic mass is 9.62. The zero-order valence-electron chi connectivity index (χ0n) is 23.5. The quantitative estimate of drug-likeness (QED) is 0.280. The molecule has 0 aromatic heterocycles. The van der Waals surface area contributed by atoms with E-state index in [1.165, 1.54) is 11.1 Å². The van der Waals surface area contributed by atoms with Crippen LogP contribution in [0.3, 0.4) is 0 Å². The van der Waals surface area contributed by atoms with E-state index in [-0.39, 0.29) is 17.3 Å². The van der Waals surface area contributed by atoms with E-state index in [0.717, 1.165) is 84.3 Å². The fourth-order valence-electron chi connectivity index (χ4n) is 5.83. The van der Waals surface area contributed by atoms with Crippen LogP contribution in [0.4, 0.5) is 0 Å². The van der Waals surface area contributed by atoms with Crippen LogP contribution in [-0.2, 0) is 22.3 Å². The molecule has 1 spiro atoms. The number of rotatable bonds is 6. The molecule has 0 amide bonds. The van der Waals surface area contributed by atoms with Crippen molar-refractivity contribution < 1.29 is 19.1 Å². The van der Waals surface area contributed by atoms with Gasteiger partial charge in [0, 0.05) is 57.9 Å². The van der Waals surface area contributed by atoms with Crippen LogP contribution in [0.15, 0.2) is 45.3 Å². The summed E-state index contributed by atoms with van der Waals surface area (Å²) < 4.78 is 12.5. The van der Waals surface area contributed by atoms with E-state index < -0.39 is 0 Å². The third kappa shape index (κ3) is 9.12. The van der Waals surface area contributed by atoms with Gasteiger partial charge in [0.15, 0.2) is 11.6 Å². The predicted octanol–water partition coefficient (Wildman–Crippen LogP) is 9.38. The Morgan fingerprint density at radius 2 is 1.43 bits per heavy atom. The monoisotopic (exact) mass is 716 g/mol. The van der Waals surface area contributed by atoms with Gasteiger partial charge in [-0.2, -0.15) is 0 Å². The van der Waals surface area contributed by atoms with Crippen molar-refractivity contribution in [2.24, 2.45) is 5.41 Å². The largest absolute Gasteiger partial charge is 0.381 e. The summed E-state index contributed by atoms with van der Waals surface area (Å²) in [5, 5.41) is 0. The van der Waals surface area contributed by atoms with Crippen molar-refractivity contribution in [3.63, 3.8) is 0 Å². The number of alkyl halides is 2. The number of benzene rings is 2. The van der Waals surface area contributed by atoms with Crippen LogP contribution in [0, 0.1) is 5.41 Å². The SMILES string of the molecule is COC(CCCl)CCCl.COC1CCC2(CCc3ccc(Br)cc3C2=O)CC1.O=C1CCCc2ccc(Br)cc21. The maximum absolute atomic E-state index is 12.9. The van der Waals surface area contributed by atoms with Crippen LogP contribution in [-0.4, -0.2) is 49.8 Å². The second kappa shape index (κ2) is 16.8. The summed E-state index contributed by atoms with van der Waals surface area (Å²) >= 11 is 17.8. The number of ether oxygens (including phenoxy) is 2. The Bertz CT molecular complexity index is 1130. The Hall–Kier alpha value is -0.760. The average Bonchev–Trinajstić information content (AvgIpc) is 2.97. The van der Waals surface area contributed by atoms with Gasteiger partial charge < -0.3 is 9.47 Å². The molecular weight excluding hydrogens is 679 g/mol. The molecular formula is C32H40Br2Cl2O4. The number of aryl methyl sites for hydroxylation is 2. The van der Waals surface area contributed by atoms with Crippen molar-refractivity contribution in [2.45, 2.75) is 82.8 Å².